The number of ether oxygens (including phenoxy) is 1. The Morgan fingerprint density at radius 2 is 1.78 bits per heavy atom. The second-order valence-electron chi connectivity index (χ2n) is 9.97. The second kappa shape index (κ2) is 10.1. The number of carbonyl (C=O) groups is 2. The SMILES string of the molecule is CNC(=O)c1ccc(-c2ccc(C(C)N3CCC(CC(C)(C)O)(c4ccccc4)OC3=O)cc2)cn1. The standard InChI is InChI=1S/C29H33N3O4/c1-20(21-10-12-22(13-11-21)23-14-15-25(31-18-23)26(33)30-4)32-17-16-29(36-27(32)34,19-28(2,3)35)24-8-6-5-7-9-24/h5-15,18,20,35H,16-17,19H2,1-4H3,(H,30,33). The lowest BCUT2D eigenvalue weighted by atomic mass is 9.80. The van der Waals surface area contributed by atoms with Crippen molar-refractivity contribution in [3.63, 3.8) is 0 Å². The molecule has 1 aliphatic heterocycles. The van der Waals surface area contributed by atoms with Gasteiger partial charge in [0.1, 0.15) is 11.3 Å². The lowest BCUT2D eigenvalue weighted by molar-refractivity contribution is -0.101. The first-order chi connectivity index (χ1) is 17.1. The molecule has 2 aromatic carbocycles. The van der Waals surface area contributed by atoms with Crippen LogP contribution in [0.1, 0.15) is 61.3 Å². The number of hydrogen-bond donors (Lipinski definition) is 2. The first kappa shape index (κ1) is 25.4. The zero-order valence-electron chi connectivity index (χ0n) is 21.2. The minimum atomic E-state index is -0.993. The Labute approximate surface area is 212 Å². The average molecular weight is 488 g/mol. The van der Waals surface area contributed by atoms with Crippen molar-refractivity contribution in [3.8, 4) is 11.1 Å². The molecule has 0 radical (unpaired) electrons. The maximum atomic E-state index is 13.3. The van der Waals surface area contributed by atoms with Crippen LogP contribution in [0.15, 0.2) is 72.9 Å². The van der Waals surface area contributed by atoms with E-state index in [2.05, 4.69) is 10.3 Å². The van der Waals surface area contributed by atoms with Gasteiger partial charge in [-0.1, -0.05) is 60.7 Å². The molecular weight excluding hydrogens is 454 g/mol. The number of amides is 2. The lowest BCUT2D eigenvalue weighted by Gasteiger charge is -2.45. The molecule has 188 valence electrons. The van der Waals surface area contributed by atoms with Crippen molar-refractivity contribution in [1.82, 2.24) is 15.2 Å². The minimum absolute atomic E-state index is 0.184. The van der Waals surface area contributed by atoms with Gasteiger partial charge in [-0.25, -0.2) is 4.79 Å². The molecule has 0 bridgehead atoms. The number of carbonyl (C=O) groups excluding carboxylic acids is 2. The van der Waals surface area contributed by atoms with Crippen molar-refractivity contribution in [2.24, 2.45) is 0 Å². The van der Waals surface area contributed by atoms with Gasteiger partial charge in [-0.3, -0.25) is 9.78 Å². The van der Waals surface area contributed by atoms with Gasteiger partial charge in [-0.2, -0.15) is 0 Å². The number of hydrogen-bond acceptors (Lipinski definition) is 5. The van der Waals surface area contributed by atoms with Crippen LogP contribution in [0, 0.1) is 0 Å². The number of rotatable bonds is 7. The molecule has 1 saturated heterocycles. The van der Waals surface area contributed by atoms with Crippen molar-refractivity contribution >= 4 is 12.0 Å². The van der Waals surface area contributed by atoms with Crippen molar-refractivity contribution in [2.45, 2.75) is 50.9 Å². The molecule has 2 heterocycles. The summed E-state index contributed by atoms with van der Waals surface area (Å²) < 4.78 is 6.11. The van der Waals surface area contributed by atoms with E-state index in [0.717, 1.165) is 22.3 Å². The number of benzene rings is 2. The maximum Gasteiger partial charge on any atom is 0.411 e. The Kier molecular flexibility index (Phi) is 7.13. The fourth-order valence-electron chi connectivity index (χ4n) is 4.85. The number of cyclic esters (lactones) is 1. The van der Waals surface area contributed by atoms with Gasteiger partial charge in [-0.15, -0.1) is 0 Å². The van der Waals surface area contributed by atoms with E-state index in [9.17, 15) is 14.7 Å². The molecule has 4 rings (SSSR count). The van der Waals surface area contributed by atoms with Gasteiger partial charge in [0.25, 0.3) is 5.91 Å². The van der Waals surface area contributed by atoms with Crippen LogP contribution in [-0.2, 0) is 10.3 Å². The van der Waals surface area contributed by atoms with Crippen molar-refractivity contribution in [1.29, 1.82) is 0 Å². The molecule has 0 saturated carbocycles. The Hall–Kier alpha value is -3.71. The molecule has 2 amide bonds. The third kappa shape index (κ3) is 5.41. The topological polar surface area (TPSA) is 91.8 Å². The highest BCUT2D eigenvalue weighted by atomic mass is 16.6. The van der Waals surface area contributed by atoms with E-state index in [1.54, 1.807) is 38.1 Å². The summed E-state index contributed by atoms with van der Waals surface area (Å²) in [6.07, 6.45) is 2.19. The fourth-order valence-corrected chi connectivity index (χ4v) is 4.85. The molecule has 2 N–H and O–H groups in total. The van der Waals surface area contributed by atoms with Crippen LogP contribution in [0.25, 0.3) is 11.1 Å². The van der Waals surface area contributed by atoms with Crippen LogP contribution in [-0.4, -0.2) is 46.2 Å². The molecule has 7 heteroatoms. The Bertz CT molecular complexity index is 1200. The highest BCUT2D eigenvalue weighted by Gasteiger charge is 2.46. The van der Waals surface area contributed by atoms with Gasteiger partial charge < -0.3 is 20.1 Å². The number of nitrogens with one attached hydrogen (secondary N) is 1. The zero-order chi connectivity index (χ0) is 25.9. The third-order valence-electron chi connectivity index (χ3n) is 6.71. The quantitative estimate of drug-likeness (QED) is 0.486. The predicted octanol–water partition coefficient (Wildman–Crippen LogP) is 5.07. The van der Waals surface area contributed by atoms with Crippen LogP contribution in [0.5, 0.6) is 0 Å². The van der Waals surface area contributed by atoms with Gasteiger partial charge in [0.15, 0.2) is 0 Å². The van der Waals surface area contributed by atoms with E-state index in [1.165, 1.54) is 0 Å². The zero-order valence-corrected chi connectivity index (χ0v) is 21.2. The van der Waals surface area contributed by atoms with E-state index < -0.39 is 11.2 Å². The van der Waals surface area contributed by atoms with Gasteiger partial charge in [0.05, 0.1) is 11.6 Å². The van der Waals surface area contributed by atoms with E-state index in [0.29, 0.717) is 25.1 Å². The summed E-state index contributed by atoms with van der Waals surface area (Å²) >= 11 is 0. The van der Waals surface area contributed by atoms with Crippen LogP contribution < -0.4 is 5.32 Å². The smallest absolute Gasteiger partial charge is 0.411 e. The number of pyridine rings is 1. The normalized spacial score (nSPS) is 18.9. The summed E-state index contributed by atoms with van der Waals surface area (Å²) in [5, 5.41) is 13.1. The minimum Gasteiger partial charge on any atom is -0.438 e. The largest absolute Gasteiger partial charge is 0.438 e. The van der Waals surface area contributed by atoms with Crippen LogP contribution in [0.2, 0.25) is 0 Å². The van der Waals surface area contributed by atoms with Gasteiger partial charge >= 0.3 is 6.09 Å². The first-order valence-corrected chi connectivity index (χ1v) is 12.2. The second-order valence-corrected chi connectivity index (χ2v) is 9.97. The first-order valence-electron chi connectivity index (χ1n) is 12.2. The predicted molar refractivity (Wildman–Crippen MR) is 138 cm³/mol. The molecular formula is C29H33N3O4. The molecule has 1 aliphatic rings. The monoisotopic (exact) mass is 487 g/mol. The molecule has 36 heavy (non-hydrogen) atoms. The Morgan fingerprint density at radius 1 is 1.11 bits per heavy atom. The molecule has 1 aromatic heterocycles. The van der Waals surface area contributed by atoms with Gasteiger partial charge in [0, 0.05) is 38.2 Å². The van der Waals surface area contributed by atoms with E-state index in [-0.39, 0.29) is 18.0 Å². The third-order valence-corrected chi connectivity index (χ3v) is 6.71. The highest BCUT2D eigenvalue weighted by molar-refractivity contribution is 5.92. The molecule has 1 fully saturated rings. The summed E-state index contributed by atoms with van der Waals surface area (Å²) in [6, 6.07) is 21.0. The van der Waals surface area contributed by atoms with Crippen molar-refractivity contribution < 1.29 is 19.4 Å². The summed E-state index contributed by atoms with van der Waals surface area (Å²) in [7, 11) is 1.57. The molecule has 7 nitrogen and oxygen atoms in total. The van der Waals surface area contributed by atoms with E-state index in [1.807, 2.05) is 67.6 Å². The molecule has 0 spiro atoms. The van der Waals surface area contributed by atoms with Crippen LogP contribution in [0.4, 0.5) is 4.79 Å². The fraction of sp³-hybridized carbons (Fsp3) is 0.345. The Morgan fingerprint density at radius 3 is 2.33 bits per heavy atom. The van der Waals surface area contributed by atoms with E-state index in [4.69, 9.17) is 4.74 Å². The number of aliphatic hydroxyl groups is 1. The molecule has 0 aliphatic carbocycles. The number of nitrogens with zero attached hydrogens (tertiary/aromatic N) is 2. The summed E-state index contributed by atoms with van der Waals surface area (Å²) in [5.41, 5.74) is 2.26. The lowest BCUT2D eigenvalue weighted by Crippen LogP contribution is -2.51. The van der Waals surface area contributed by atoms with Crippen molar-refractivity contribution in [2.75, 3.05) is 13.6 Å². The maximum absolute atomic E-state index is 13.3. The summed E-state index contributed by atoms with van der Waals surface area (Å²) in [4.78, 5) is 31.0. The molecule has 2 atom stereocenters. The van der Waals surface area contributed by atoms with E-state index >= 15 is 0 Å². The summed E-state index contributed by atoms with van der Waals surface area (Å²) in [5.74, 6) is -0.224. The van der Waals surface area contributed by atoms with Gasteiger partial charge in [-0.05, 0) is 43.5 Å². The van der Waals surface area contributed by atoms with Crippen LogP contribution in [0.3, 0.4) is 0 Å². The Balaban J connectivity index is 1.50. The molecule has 2 unspecified atom stereocenters. The van der Waals surface area contributed by atoms with Crippen LogP contribution >= 0.6 is 0 Å². The van der Waals surface area contributed by atoms with Crippen molar-refractivity contribution in [3.05, 3.63) is 89.7 Å². The molecule has 3 aromatic rings. The summed E-state index contributed by atoms with van der Waals surface area (Å²) in [6.45, 7) is 5.98. The highest BCUT2D eigenvalue weighted by Crippen LogP contribution is 2.42. The van der Waals surface area contributed by atoms with Gasteiger partial charge in [0.2, 0.25) is 0 Å². The average Bonchev–Trinajstić information content (AvgIpc) is 2.88. The number of aromatic nitrogens is 1.